The summed E-state index contributed by atoms with van der Waals surface area (Å²) in [5.74, 6) is -0.427. The van der Waals surface area contributed by atoms with E-state index in [0.29, 0.717) is 19.0 Å². The molecule has 0 aliphatic rings. The highest BCUT2D eigenvalue weighted by Crippen LogP contribution is 2.30. The number of nitrogens with one attached hydrogen (secondary N) is 1. The Morgan fingerprint density at radius 1 is 1.30 bits per heavy atom. The summed E-state index contributed by atoms with van der Waals surface area (Å²) in [6.45, 7) is 1.51. The Morgan fingerprint density at radius 3 is 2.45 bits per heavy atom. The topological polar surface area (TPSA) is 41.1 Å². The van der Waals surface area contributed by atoms with Crippen LogP contribution >= 0.6 is 0 Å². The average molecular weight is 298 g/mol. The third kappa shape index (κ3) is 4.78. The zero-order chi connectivity index (χ0) is 15.3. The van der Waals surface area contributed by atoms with Crippen LogP contribution in [0.5, 0.6) is 0 Å². The lowest BCUT2D eigenvalue weighted by atomic mass is 10.3. The van der Waals surface area contributed by atoms with Crippen LogP contribution in [0.4, 0.5) is 33.7 Å². The normalized spacial score (nSPS) is 11.8. The zero-order valence-corrected chi connectivity index (χ0v) is 11.0. The lowest BCUT2D eigenvalue weighted by Gasteiger charge is -2.19. The highest BCUT2D eigenvalue weighted by atomic mass is 19.4. The molecule has 0 aliphatic heterocycles. The molecule has 0 aliphatic carbocycles. The smallest absolute Gasteiger partial charge is 0.354 e. The fourth-order valence-corrected chi connectivity index (χ4v) is 1.39. The van der Waals surface area contributed by atoms with Crippen molar-refractivity contribution in [3.63, 3.8) is 0 Å². The third-order valence-electron chi connectivity index (χ3n) is 2.34. The second-order valence-corrected chi connectivity index (χ2v) is 4.13. The Bertz CT molecular complexity index is 435. The molecule has 0 unspecified atom stereocenters. The molecule has 0 saturated carbocycles. The predicted molar refractivity (Wildman–Crippen MR) is 65.1 cm³/mol. The minimum absolute atomic E-state index is 0.203. The van der Waals surface area contributed by atoms with Crippen molar-refractivity contribution in [2.75, 3.05) is 30.4 Å². The number of hydrogen-bond donors (Lipinski definition) is 1. The summed E-state index contributed by atoms with van der Waals surface area (Å²) < 4.78 is 62.7. The molecule has 1 N–H and O–H groups in total. The van der Waals surface area contributed by atoms with Gasteiger partial charge in [0.25, 0.3) is 6.43 Å². The Hall–Kier alpha value is -1.67. The number of anilines is 2. The molecule has 1 heterocycles. The van der Waals surface area contributed by atoms with Crippen molar-refractivity contribution in [1.82, 2.24) is 9.97 Å². The van der Waals surface area contributed by atoms with Gasteiger partial charge in [-0.25, -0.2) is 13.8 Å². The Morgan fingerprint density at radius 2 is 1.95 bits per heavy atom. The molecule has 1 aromatic heterocycles. The predicted octanol–water partition coefficient (Wildman–Crippen LogP) is 3.02. The number of rotatable bonds is 6. The average Bonchev–Trinajstić information content (AvgIpc) is 2.34. The maximum Gasteiger partial charge on any atom is 0.433 e. The van der Waals surface area contributed by atoms with Gasteiger partial charge in [-0.05, 0) is 6.42 Å². The van der Waals surface area contributed by atoms with Crippen LogP contribution < -0.4 is 10.2 Å². The molecule has 4 nitrogen and oxygen atoms in total. The van der Waals surface area contributed by atoms with E-state index in [1.807, 2.05) is 6.92 Å². The minimum atomic E-state index is -4.66. The summed E-state index contributed by atoms with van der Waals surface area (Å²) >= 11 is 0. The third-order valence-corrected chi connectivity index (χ3v) is 2.34. The summed E-state index contributed by atoms with van der Waals surface area (Å²) in [5, 5.41) is 2.62. The number of hydrogen-bond acceptors (Lipinski definition) is 4. The minimum Gasteiger partial charge on any atom is -0.354 e. The standard InChI is InChI=1S/C11H15F5N4/c1-3-4-17-10-18-7(11(14,15)16)5-9(19-10)20(2)6-8(12)13/h5,8H,3-4,6H2,1-2H3,(H,17,18,19). The number of nitrogens with zero attached hydrogens (tertiary/aromatic N) is 3. The molecule has 9 heteroatoms. The molecule has 0 radical (unpaired) electrons. The Labute approximate surface area is 113 Å². The zero-order valence-electron chi connectivity index (χ0n) is 11.0. The van der Waals surface area contributed by atoms with E-state index >= 15 is 0 Å². The Balaban J connectivity index is 3.09. The molecule has 0 amide bonds. The molecule has 0 bridgehead atoms. The maximum atomic E-state index is 12.7. The first-order valence-corrected chi connectivity index (χ1v) is 5.93. The largest absolute Gasteiger partial charge is 0.433 e. The summed E-state index contributed by atoms with van der Waals surface area (Å²) in [6.07, 6.45) is -6.66. The molecular weight excluding hydrogens is 283 g/mol. The van der Waals surface area contributed by atoms with Crippen LogP contribution in [0, 0.1) is 0 Å². The monoisotopic (exact) mass is 298 g/mol. The van der Waals surface area contributed by atoms with Crippen LogP contribution in [0.1, 0.15) is 19.0 Å². The van der Waals surface area contributed by atoms with Crippen LogP contribution in [0.15, 0.2) is 6.07 Å². The van der Waals surface area contributed by atoms with Gasteiger partial charge in [-0.3, -0.25) is 0 Å². The molecule has 0 atom stereocenters. The lowest BCUT2D eigenvalue weighted by Crippen LogP contribution is -2.26. The van der Waals surface area contributed by atoms with Gasteiger partial charge in [-0.15, -0.1) is 0 Å². The highest BCUT2D eigenvalue weighted by Gasteiger charge is 2.34. The van der Waals surface area contributed by atoms with E-state index in [9.17, 15) is 22.0 Å². The fraction of sp³-hybridized carbons (Fsp3) is 0.636. The SMILES string of the molecule is CCCNc1nc(N(C)CC(F)F)cc(C(F)(F)F)n1. The van der Waals surface area contributed by atoms with E-state index in [0.717, 1.165) is 4.90 Å². The molecule has 114 valence electrons. The second kappa shape index (κ2) is 6.67. The van der Waals surface area contributed by atoms with Crippen LogP contribution in [0.25, 0.3) is 0 Å². The van der Waals surface area contributed by atoms with Gasteiger partial charge in [0.15, 0.2) is 5.69 Å². The van der Waals surface area contributed by atoms with Gasteiger partial charge in [-0.2, -0.15) is 18.2 Å². The quantitative estimate of drug-likeness (QED) is 0.820. The molecule has 1 aromatic rings. The summed E-state index contributed by atoms with van der Waals surface area (Å²) in [7, 11) is 1.25. The first-order valence-electron chi connectivity index (χ1n) is 5.93. The van der Waals surface area contributed by atoms with Crippen LogP contribution in [0.3, 0.4) is 0 Å². The van der Waals surface area contributed by atoms with Gasteiger partial charge in [0.1, 0.15) is 5.82 Å². The van der Waals surface area contributed by atoms with Crippen molar-refractivity contribution in [2.24, 2.45) is 0 Å². The van der Waals surface area contributed by atoms with Crippen molar-refractivity contribution in [3.05, 3.63) is 11.8 Å². The summed E-state index contributed by atoms with van der Waals surface area (Å²) in [4.78, 5) is 8.11. The van der Waals surface area contributed by atoms with E-state index in [4.69, 9.17) is 0 Å². The number of alkyl halides is 5. The van der Waals surface area contributed by atoms with E-state index < -0.39 is 24.8 Å². The van der Waals surface area contributed by atoms with Crippen LogP contribution in [-0.2, 0) is 6.18 Å². The van der Waals surface area contributed by atoms with E-state index in [1.165, 1.54) is 7.05 Å². The molecule has 1 rings (SSSR count). The molecule has 0 fully saturated rings. The van der Waals surface area contributed by atoms with Crippen molar-refractivity contribution in [3.8, 4) is 0 Å². The molecule has 0 spiro atoms. The summed E-state index contributed by atoms with van der Waals surface area (Å²) in [6, 6.07) is 0.652. The van der Waals surface area contributed by atoms with Crippen molar-refractivity contribution in [1.29, 1.82) is 0 Å². The van der Waals surface area contributed by atoms with Gasteiger partial charge < -0.3 is 10.2 Å². The fourth-order valence-electron chi connectivity index (χ4n) is 1.39. The first-order chi connectivity index (χ1) is 9.24. The maximum absolute atomic E-state index is 12.7. The van der Waals surface area contributed by atoms with Crippen molar-refractivity contribution < 1.29 is 22.0 Å². The van der Waals surface area contributed by atoms with E-state index in [-0.39, 0.29) is 11.8 Å². The molecular formula is C11H15F5N4. The Kier molecular flexibility index (Phi) is 5.46. The second-order valence-electron chi connectivity index (χ2n) is 4.13. The lowest BCUT2D eigenvalue weighted by molar-refractivity contribution is -0.141. The molecule has 0 saturated heterocycles. The van der Waals surface area contributed by atoms with Gasteiger partial charge >= 0.3 is 6.18 Å². The highest BCUT2D eigenvalue weighted by molar-refractivity contribution is 5.45. The molecule has 0 aromatic carbocycles. The first kappa shape index (κ1) is 16.4. The van der Waals surface area contributed by atoms with Gasteiger partial charge in [0.05, 0.1) is 6.54 Å². The van der Waals surface area contributed by atoms with E-state index in [2.05, 4.69) is 15.3 Å². The van der Waals surface area contributed by atoms with Crippen molar-refractivity contribution >= 4 is 11.8 Å². The van der Waals surface area contributed by atoms with E-state index in [1.54, 1.807) is 0 Å². The van der Waals surface area contributed by atoms with Gasteiger partial charge in [0.2, 0.25) is 5.95 Å². The van der Waals surface area contributed by atoms with Crippen LogP contribution in [-0.4, -0.2) is 36.5 Å². The van der Waals surface area contributed by atoms with Crippen LogP contribution in [0.2, 0.25) is 0 Å². The number of halogens is 5. The molecule has 20 heavy (non-hydrogen) atoms. The number of aromatic nitrogens is 2. The van der Waals surface area contributed by atoms with Crippen molar-refractivity contribution in [2.45, 2.75) is 25.9 Å². The summed E-state index contributed by atoms with van der Waals surface area (Å²) in [5.41, 5.74) is -1.16. The van der Waals surface area contributed by atoms with Gasteiger partial charge in [0, 0.05) is 19.7 Å². The van der Waals surface area contributed by atoms with Gasteiger partial charge in [-0.1, -0.05) is 6.92 Å².